The molecule has 8 rings (SSSR count). The Morgan fingerprint density at radius 2 is 0.796 bits per heavy atom. The highest BCUT2D eigenvalue weighted by atomic mass is 79.9. The van der Waals surface area contributed by atoms with Gasteiger partial charge < -0.3 is 4.90 Å². The Balaban J connectivity index is 1.32. The summed E-state index contributed by atoms with van der Waals surface area (Å²) in [6.45, 7) is 2.13. The third-order valence-electron chi connectivity index (χ3n) is 9.16. The summed E-state index contributed by atoms with van der Waals surface area (Å²) in [5.41, 5.74) is 14.1. The molecule has 0 aliphatic rings. The molecule has 2 heteroatoms. The van der Waals surface area contributed by atoms with E-state index in [9.17, 15) is 0 Å². The molecule has 0 unspecified atom stereocenters. The Morgan fingerprint density at radius 3 is 1.37 bits per heavy atom. The third-order valence-corrected chi connectivity index (χ3v) is 9.85. The number of aryl methyl sites for hydroxylation is 1. The van der Waals surface area contributed by atoms with Crippen molar-refractivity contribution < 1.29 is 0 Å². The van der Waals surface area contributed by atoms with Crippen LogP contribution in [0.4, 0.5) is 17.1 Å². The van der Waals surface area contributed by atoms with Crippen LogP contribution in [-0.2, 0) is 0 Å². The molecule has 0 bridgehead atoms. The molecule has 0 atom stereocenters. The Bertz CT molecular complexity index is 2340. The van der Waals surface area contributed by atoms with Gasteiger partial charge in [0.2, 0.25) is 0 Å². The van der Waals surface area contributed by atoms with E-state index in [4.69, 9.17) is 0 Å². The van der Waals surface area contributed by atoms with E-state index in [1.54, 1.807) is 0 Å². The van der Waals surface area contributed by atoms with Gasteiger partial charge in [0, 0.05) is 21.2 Å². The second-order valence-corrected chi connectivity index (χ2v) is 13.3. The molecule has 234 valence electrons. The molecular formula is C47H34BrN. The Kier molecular flexibility index (Phi) is 8.39. The van der Waals surface area contributed by atoms with E-state index in [0.29, 0.717) is 0 Å². The molecule has 0 radical (unpaired) electrons. The van der Waals surface area contributed by atoms with E-state index in [0.717, 1.165) is 27.1 Å². The maximum absolute atomic E-state index is 3.82. The number of hydrogen-bond acceptors (Lipinski definition) is 1. The zero-order valence-electron chi connectivity index (χ0n) is 27.2. The van der Waals surface area contributed by atoms with Crippen LogP contribution in [0.15, 0.2) is 193 Å². The molecule has 0 aromatic heterocycles. The SMILES string of the molecule is Cc1ccc(-c2cccc(N(c3cccc(-c4cc(-c5ccccc5)cc(-c5ccccc5)c4)c3)c3ccc(Br)c4ccccc34)c2)cc1. The molecular weight excluding hydrogens is 658 g/mol. The summed E-state index contributed by atoms with van der Waals surface area (Å²) in [6.07, 6.45) is 0. The quantitative estimate of drug-likeness (QED) is 0.161. The molecule has 8 aromatic rings. The highest BCUT2D eigenvalue weighted by Crippen LogP contribution is 2.43. The van der Waals surface area contributed by atoms with Gasteiger partial charge in [-0.25, -0.2) is 0 Å². The van der Waals surface area contributed by atoms with Crippen molar-refractivity contribution in [3.8, 4) is 44.5 Å². The fourth-order valence-corrected chi connectivity index (χ4v) is 7.13. The Labute approximate surface area is 296 Å². The summed E-state index contributed by atoms with van der Waals surface area (Å²) in [5, 5.41) is 2.36. The lowest BCUT2D eigenvalue weighted by Gasteiger charge is -2.28. The van der Waals surface area contributed by atoms with Crippen molar-refractivity contribution in [2.24, 2.45) is 0 Å². The highest BCUT2D eigenvalue weighted by Gasteiger charge is 2.18. The summed E-state index contributed by atoms with van der Waals surface area (Å²) in [6, 6.07) is 67.9. The van der Waals surface area contributed by atoms with Gasteiger partial charge >= 0.3 is 0 Å². The zero-order chi connectivity index (χ0) is 33.2. The molecule has 49 heavy (non-hydrogen) atoms. The maximum atomic E-state index is 3.82. The second-order valence-electron chi connectivity index (χ2n) is 12.4. The number of rotatable bonds is 7. The van der Waals surface area contributed by atoms with E-state index in [-0.39, 0.29) is 0 Å². The van der Waals surface area contributed by atoms with Gasteiger partial charge in [-0.3, -0.25) is 0 Å². The molecule has 1 nitrogen and oxygen atoms in total. The van der Waals surface area contributed by atoms with Gasteiger partial charge in [0.1, 0.15) is 0 Å². The lowest BCUT2D eigenvalue weighted by atomic mass is 9.93. The Morgan fingerprint density at radius 1 is 0.347 bits per heavy atom. The second kappa shape index (κ2) is 13.4. The predicted molar refractivity (Wildman–Crippen MR) is 213 cm³/mol. The summed E-state index contributed by atoms with van der Waals surface area (Å²) in [4.78, 5) is 2.40. The van der Waals surface area contributed by atoms with E-state index < -0.39 is 0 Å². The van der Waals surface area contributed by atoms with Gasteiger partial charge in [-0.05, 0) is 111 Å². The van der Waals surface area contributed by atoms with Gasteiger partial charge in [-0.15, -0.1) is 0 Å². The topological polar surface area (TPSA) is 3.24 Å². The minimum absolute atomic E-state index is 1.08. The normalized spacial score (nSPS) is 11.1. The van der Waals surface area contributed by atoms with Gasteiger partial charge in [-0.2, -0.15) is 0 Å². The van der Waals surface area contributed by atoms with Crippen LogP contribution in [0.1, 0.15) is 5.56 Å². The number of halogens is 1. The number of hydrogen-bond donors (Lipinski definition) is 0. The van der Waals surface area contributed by atoms with Crippen molar-refractivity contribution in [2.45, 2.75) is 6.92 Å². The molecule has 0 fully saturated rings. The maximum Gasteiger partial charge on any atom is 0.0540 e. The highest BCUT2D eigenvalue weighted by molar-refractivity contribution is 9.10. The van der Waals surface area contributed by atoms with Gasteiger partial charge in [-0.1, -0.05) is 155 Å². The fraction of sp³-hybridized carbons (Fsp3) is 0.0213. The van der Waals surface area contributed by atoms with Crippen LogP contribution in [0.2, 0.25) is 0 Å². The molecule has 0 aliphatic carbocycles. The predicted octanol–water partition coefficient (Wildman–Crippen LogP) is 14.0. The number of nitrogens with zero attached hydrogens (tertiary/aromatic N) is 1. The first kappa shape index (κ1) is 30.6. The van der Waals surface area contributed by atoms with Gasteiger partial charge in [0.05, 0.1) is 5.69 Å². The van der Waals surface area contributed by atoms with Crippen LogP contribution >= 0.6 is 15.9 Å². The van der Waals surface area contributed by atoms with Crippen molar-refractivity contribution in [2.75, 3.05) is 4.90 Å². The molecule has 0 spiro atoms. The minimum atomic E-state index is 1.08. The minimum Gasteiger partial charge on any atom is -0.310 e. The Hall–Kier alpha value is -5.70. The molecule has 0 aliphatic heterocycles. The first-order valence-electron chi connectivity index (χ1n) is 16.6. The van der Waals surface area contributed by atoms with Crippen LogP contribution in [-0.4, -0.2) is 0 Å². The van der Waals surface area contributed by atoms with Gasteiger partial charge in [0.15, 0.2) is 0 Å². The lowest BCUT2D eigenvalue weighted by Crippen LogP contribution is -2.11. The van der Waals surface area contributed by atoms with Crippen molar-refractivity contribution >= 4 is 43.8 Å². The first-order chi connectivity index (χ1) is 24.1. The van der Waals surface area contributed by atoms with Gasteiger partial charge in [0.25, 0.3) is 0 Å². The first-order valence-corrected chi connectivity index (χ1v) is 17.4. The van der Waals surface area contributed by atoms with Crippen LogP contribution in [0.5, 0.6) is 0 Å². The van der Waals surface area contributed by atoms with Crippen LogP contribution in [0.3, 0.4) is 0 Å². The molecule has 0 amide bonds. The van der Waals surface area contributed by atoms with Crippen LogP contribution in [0, 0.1) is 6.92 Å². The van der Waals surface area contributed by atoms with E-state index >= 15 is 0 Å². The van der Waals surface area contributed by atoms with Crippen molar-refractivity contribution in [1.29, 1.82) is 0 Å². The standard InChI is InChI=1S/C47H34BrN/c1-33-22-24-36(25-23-33)37-16-10-18-42(31-37)49(47-27-26-46(48)44-20-8-9-21-45(44)47)43-19-11-17-38(32-43)41-29-39(34-12-4-2-5-13-34)28-40(30-41)35-14-6-3-7-15-35/h2-32H,1H3. The lowest BCUT2D eigenvalue weighted by molar-refractivity contribution is 1.30. The monoisotopic (exact) mass is 691 g/mol. The summed E-state index contributed by atoms with van der Waals surface area (Å²) < 4.78 is 1.08. The average molecular weight is 693 g/mol. The number of benzene rings is 8. The summed E-state index contributed by atoms with van der Waals surface area (Å²) in [5.74, 6) is 0. The molecule has 0 heterocycles. The molecule has 0 saturated carbocycles. The zero-order valence-corrected chi connectivity index (χ0v) is 28.8. The van der Waals surface area contributed by atoms with E-state index in [1.165, 1.54) is 55.3 Å². The number of fused-ring (bicyclic) bond motifs is 1. The van der Waals surface area contributed by atoms with Crippen molar-refractivity contribution in [3.05, 3.63) is 198 Å². The smallest absolute Gasteiger partial charge is 0.0540 e. The van der Waals surface area contributed by atoms with Crippen molar-refractivity contribution in [3.63, 3.8) is 0 Å². The van der Waals surface area contributed by atoms with Crippen molar-refractivity contribution in [1.82, 2.24) is 0 Å². The third kappa shape index (κ3) is 6.32. The molecule has 0 N–H and O–H groups in total. The summed E-state index contributed by atoms with van der Waals surface area (Å²) >= 11 is 3.82. The average Bonchev–Trinajstić information content (AvgIpc) is 3.17. The largest absolute Gasteiger partial charge is 0.310 e. The van der Waals surface area contributed by atoms with Crippen LogP contribution < -0.4 is 4.90 Å². The van der Waals surface area contributed by atoms with Crippen LogP contribution in [0.25, 0.3) is 55.3 Å². The summed E-state index contributed by atoms with van der Waals surface area (Å²) in [7, 11) is 0. The molecule has 8 aromatic carbocycles. The van der Waals surface area contributed by atoms with E-state index in [2.05, 4.69) is 216 Å². The fourth-order valence-electron chi connectivity index (χ4n) is 6.65. The molecule has 0 saturated heterocycles. The van der Waals surface area contributed by atoms with E-state index in [1.807, 2.05) is 0 Å². The number of anilines is 3.